The molecule has 1 fully saturated rings. The highest BCUT2D eigenvalue weighted by molar-refractivity contribution is 5.95. The summed E-state index contributed by atoms with van der Waals surface area (Å²) in [6, 6.07) is 16.3. The van der Waals surface area contributed by atoms with E-state index in [1.54, 1.807) is 17.0 Å². The minimum absolute atomic E-state index is 0.00286. The largest absolute Gasteiger partial charge is 0.324 e. The fourth-order valence-electron chi connectivity index (χ4n) is 3.51. The van der Waals surface area contributed by atoms with Crippen molar-refractivity contribution in [2.45, 2.75) is 39.0 Å². The number of nitrogens with one attached hydrogen (secondary N) is 3. The second-order valence-corrected chi connectivity index (χ2v) is 8.85. The topological polar surface area (TPSA) is 90.5 Å². The molecule has 0 aliphatic carbocycles. The quantitative estimate of drug-likeness (QED) is 0.659. The van der Waals surface area contributed by atoms with Crippen molar-refractivity contribution in [3.8, 4) is 0 Å². The van der Waals surface area contributed by atoms with Crippen LogP contribution in [0.5, 0.6) is 0 Å². The molecule has 2 aromatic carbocycles. The van der Waals surface area contributed by atoms with Crippen molar-refractivity contribution in [2.75, 3.05) is 18.4 Å². The Bertz CT molecular complexity index is 920. The molecule has 1 saturated heterocycles. The summed E-state index contributed by atoms with van der Waals surface area (Å²) in [4.78, 5) is 39.1. The van der Waals surface area contributed by atoms with Crippen molar-refractivity contribution in [3.05, 3.63) is 65.7 Å². The lowest BCUT2D eigenvalue weighted by atomic mass is 9.87. The molecule has 164 valence electrons. The third kappa shape index (κ3) is 6.07. The first-order valence-electron chi connectivity index (χ1n) is 10.6. The molecule has 3 rings (SSSR count). The molecule has 2 aromatic rings. The normalized spacial score (nSPS) is 16.4. The van der Waals surface area contributed by atoms with Gasteiger partial charge in [0, 0.05) is 24.3 Å². The van der Waals surface area contributed by atoms with Crippen LogP contribution >= 0.6 is 0 Å². The Labute approximate surface area is 183 Å². The maximum atomic E-state index is 12.6. The van der Waals surface area contributed by atoms with E-state index in [2.05, 4.69) is 36.9 Å². The third-order valence-electron chi connectivity index (χ3n) is 5.42. The lowest BCUT2D eigenvalue weighted by molar-refractivity contribution is -0.127. The number of amides is 4. The smallest absolute Gasteiger partial charge is 0.321 e. The summed E-state index contributed by atoms with van der Waals surface area (Å²) in [5.41, 5.74) is 7.30. The first kappa shape index (κ1) is 22.3. The van der Waals surface area contributed by atoms with E-state index >= 15 is 0 Å². The van der Waals surface area contributed by atoms with Crippen molar-refractivity contribution in [3.63, 3.8) is 0 Å². The first-order valence-corrected chi connectivity index (χ1v) is 10.6. The Kier molecular flexibility index (Phi) is 6.95. The number of urea groups is 1. The van der Waals surface area contributed by atoms with Gasteiger partial charge in [-0.3, -0.25) is 20.4 Å². The number of carbonyl (C=O) groups excluding carboxylic acids is 3. The van der Waals surface area contributed by atoms with E-state index < -0.39 is 0 Å². The zero-order chi connectivity index (χ0) is 22.4. The summed E-state index contributed by atoms with van der Waals surface area (Å²) in [7, 11) is 0. The molecule has 0 radical (unpaired) electrons. The summed E-state index contributed by atoms with van der Waals surface area (Å²) in [5.74, 6) is -1.04. The van der Waals surface area contributed by atoms with E-state index in [4.69, 9.17) is 0 Å². The molecule has 4 amide bonds. The number of benzene rings is 2. The van der Waals surface area contributed by atoms with E-state index in [-0.39, 0.29) is 29.2 Å². The lowest BCUT2D eigenvalue weighted by Crippen LogP contribution is -2.50. The van der Waals surface area contributed by atoms with Crippen molar-refractivity contribution in [1.82, 2.24) is 15.8 Å². The summed E-state index contributed by atoms with van der Waals surface area (Å²) in [5, 5.41) is 2.84. The zero-order valence-corrected chi connectivity index (χ0v) is 18.3. The summed E-state index contributed by atoms with van der Waals surface area (Å²) < 4.78 is 0. The molecule has 0 bridgehead atoms. The number of likely N-dealkylation sites (tertiary alicyclic amines) is 1. The number of rotatable bonds is 3. The Balaban J connectivity index is 1.50. The summed E-state index contributed by atoms with van der Waals surface area (Å²) in [6.07, 6.45) is 1.39. The lowest BCUT2D eigenvalue weighted by Gasteiger charge is -2.32. The fourth-order valence-corrected chi connectivity index (χ4v) is 3.51. The monoisotopic (exact) mass is 422 g/mol. The highest BCUT2D eigenvalue weighted by atomic mass is 16.2. The van der Waals surface area contributed by atoms with Gasteiger partial charge in [0.2, 0.25) is 5.91 Å². The molecule has 0 unspecified atom stereocenters. The number of hydrogen-bond acceptors (Lipinski definition) is 3. The number of para-hydroxylation sites is 1. The molecule has 0 spiro atoms. The fraction of sp³-hybridized carbons (Fsp3) is 0.375. The minimum atomic E-state index is -0.376. The van der Waals surface area contributed by atoms with Gasteiger partial charge in [-0.1, -0.05) is 51.1 Å². The number of hydrazine groups is 1. The highest BCUT2D eigenvalue weighted by Gasteiger charge is 2.28. The van der Waals surface area contributed by atoms with Crippen LogP contribution in [-0.4, -0.2) is 35.8 Å². The third-order valence-corrected chi connectivity index (χ3v) is 5.42. The SMILES string of the molecule is CC(C)(C)c1ccc(C(=O)NNC(=O)[C@H]2CCCN(C(=O)Nc3ccccc3)C2)cc1. The molecule has 1 aliphatic rings. The molecule has 3 N–H and O–H groups in total. The highest BCUT2D eigenvalue weighted by Crippen LogP contribution is 2.22. The van der Waals surface area contributed by atoms with Crippen LogP contribution < -0.4 is 16.2 Å². The molecular weight excluding hydrogens is 392 g/mol. The summed E-state index contributed by atoms with van der Waals surface area (Å²) in [6.45, 7) is 7.22. The van der Waals surface area contributed by atoms with Gasteiger partial charge in [0.05, 0.1) is 5.92 Å². The van der Waals surface area contributed by atoms with E-state index in [1.165, 1.54) is 0 Å². The zero-order valence-electron chi connectivity index (χ0n) is 18.3. The molecule has 0 aromatic heterocycles. The number of carbonyl (C=O) groups is 3. The summed E-state index contributed by atoms with van der Waals surface area (Å²) >= 11 is 0. The van der Waals surface area contributed by atoms with Crippen molar-refractivity contribution in [2.24, 2.45) is 5.92 Å². The minimum Gasteiger partial charge on any atom is -0.324 e. The maximum absolute atomic E-state index is 12.6. The first-order chi connectivity index (χ1) is 14.7. The molecule has 7 nitrogen and oxygen atoms in total. The van der Waals surface area contributed by atoms with Crippen LogP contribution in [0.15, 0.2) is 54.6 Å². The van der Waals surface area contributed by atoms with Gasteiger partial charge < -0.3 is 10.2 Å². The van der Waals surface area contributed by atoms with E-state index in [0.717, 1.165) is 12.0 Å². The van der Waals surface area contributed by atoms with E-state index in [9.17, 15) is 14.4 Å². The average Bonchev–Trinajstić information content (AvgIpc) is 2.77. The van der Waals surface area contributed by atoms with Gasteiger partial charge in [0.25, 0.3) is 5.91 Å². The Morgan fingerprint density at radius 2 is 1.61 bits per heavy atom. The molecule has 1 atom stereocenters. The van der Waals surface area contributed by atoms with Crippen molar-refractivity contribution >= 4 is 23.5 Å². The standard InChI is InChI=1S/C24H30N4O3/c1-24(2,3)19-13-11-17(12-14-19)21(29)26-27-22(30)18-8-7-15-28(16-18)23(31)25-20-9-5-4-6-10-20/h4-6,9-14,18H,7-8,15-16H2,1-3H3,(H,25,31)(H,26,29)(H,27,30)/t18-/m0/s1. The van der Waals surface area contributed by atoms with Crippen LogP contribution in [0.3, 0.4) is 0 Å². The van der Waals surface area contributed by atoms with Gasteiger partial charge in [-0.05, 0) is 48.1 Å². The second kappa shape index (κ2) is 9.64. The van der Waals surface area contributed by atoms with Crippen LogP contribution in [0.1, 0.15) is 49.5 Å². The molecule has 31 heavy (non-hydrogen) atoms. The Morgan fingerprint density at radius 1 is 0.935 bits per heavy atom. The molecule has 0 saturated carbocycles. The second-order valence-electron chi connectivity index (χ2n) is 8.85. The van der Waals surface area contributed by atoms with Gasteiger partial charge in [-0.2, -0.15) is 0 Å². The van der Waals surface area contributed by atoms with Crippen LogP contribution in [0.2, 0.25) is 0 Å². The van der Waals surface area contributed by atoms with Gasteiger partial charge in [0.15, 0.2) is 0 Å². The average molecular weight is 423 g/mol. The Morgan fingerprint density at radius 3 is 2.26 bits per heavy atom. The number of hydrogen-bond donors (Lipinski definition) is 3. The number of nitrogens with zero attached hydrogens (tertiary/aromatic N) is 1. The van der Waals surface area contributed by atoms with Crippen LogP contribution in [-0.2, 0) is 10.2 Å². The molecule has 1 aliphatic heterocycles. The Hall–Kier alpha value is -3.35. The predicted molar refractivity (Wildman–Crippen MR) is 121 cm³/mol. The van der Waals surface area contributed by atoms with Crippen molar-refractivity contribution < 1.29 is 14.4 Å². The van der Waals surface area contributed by atoms with Gasteiger partial charge in [-0.15, -0.1) is 0 Å². The molecular formula is C24H30N4O3. The van der Waals surface area contributed by atoms with Crippen LogP contribution in [0.25, 0.3) is 0 Å². The van der Waals surface area contributed by atoms with Crippen molar-refractivity contribution in [1.29, 1.82) is 0 Å². The number of piperidine rings is 1. The van der Waals surface area contributed by atoms with Gasteiger partial charge >= 0.3 is 6.03 Å². The van der Waals surface area contributed by atoms with Gasteiger partial charge in [0.1, 0.15) is 0 Å². The maximum Gasteiger partial charge on any atom is 0.321 e. The van der Waals surface area contributed by atoms with Crippen LogP contribution in [0, 0.1) is 5.92 Å². The number of anilines is 1. The molecule has 1 heterocycles. The van der Waals surface area contributed by atoms with Crippen LogP contribution in [0.4, 0.5) is 10.5 Å². The van der Waals surface area contributed by atoms with E-state index in [0.29, 0.717) is 30.8 Å². The van der Waals surface area contributed by atoms with Gasteiger partial charge in [-0.25, -0.2) is 4.79 Å². The predicted octanol–water partition coefficient (Wildman–Crippen LogP) is 3.69. The molecule has 7 heteroatoms. The van der Waals surface area contributed by atoms with E-state index in [1.807, 2.05) is 42.5 Å².